The third kappa shape index (κ3) is 8.92. The number of aromatic amines is 2. The van der Waals surface area contributed by atoms with Crippen LogP contribution in [0.1, 0.15) is 125 Å². The maximum absolute atomic E-state index is 13.7. The summed E-state index contributed by atoms with van der Waals surface area (Å²) in [5.41, 5.74) is 9.04. The molecule has 1 saturated carbocycles. The summed E-state index contributed by atoms with van der Waals surface area (Å²) in [6, 6.07) is 11.2. The number of hydrogen-bond donors (Lipinski definition) is 4. The van der Waals surface area contributed by atoms with Gasteiger partial charge in [-0.3, -0.25) is 9.59 Å². The van der Waals surface area contributed by atoms with Crippen LogP contribution in [0.4, 0.5) is 9.59 Å². The molecule has 14 heteroatoms. The van der Waals surface area contributed by atoms with E-state index in [0.29, 0.717) is 24.6 Å². The molecule has 4 atom stereocenters. The Morgan fingerprint density at radius 3 is 1.81 bits per heavy atom. The van der Waals surface area contributed by atoms with Crippen molar-refractivity contribution in [1.29, 1.82) is 0 Å². The van der Waals surface area contributed by atoms with Gasteiger partial charge in [-0.15, -0.1) is 0 Å². The van der Waals surface area contributed by atoms with Crippen LogP contribution in [0, 0.1) is 29.1 Å². The molecule has 0 unspecified atom stereocenters. The molecule has 4 amide bonds. The number of nitrogens with zero attached hydrogens (tertiary/aromatic N) is 4. The highest BCUT2D eigenvalue weighted by Crippen LogP contribution is 2.51. The predicted octanol–water partition coefficient (Wildman–Crippen LogP) is 7.61. The number of H-pyrrole nitrogens is 2. The van der Waals surface area contributed by atoms with Crippen molar-refractivity contribution in [2.45, 2.75) is 116 Å². The molecule has 2 aliphatic heterocycles. The van der Waals surface area contributed by atoms with E-state index in [0.717, 1.165) is 66.7 Å². The van der Waals surface area contributed by atoms with E-state index in [-0.39, 0.29) is 41.1 Å². The van der Waals surface area contributed by atoms with Crippen LogP contribution in [0.3, 0.4) is 0 Å². The fraction of sp³-hybridized carbons (Fsp3) is 0.510. The third-order valence-corrected chi connectivity index (χ3v) is 13.7. The number of benzene rings is 2. The van der Waals surface area contributed by atoms with Gasteiger partial charge in [-0.25, -0.2) is 19.6 Å². The smallest absolute Gasteiger partial charge is 0.407 e. The Morgan fingerprint density at radius 1 is 0.698 bits per heavy atom. The molecule has 0 bridgehead atoms. The zero-order chi connectivity index (χ0) is 44.4. The van der Waals surface area contributed by atoms with Gasteiger partial charge in [0.05, 0.1) is 44.4 Å². The number of likely N-dealkylation sites (tertiary alicyclic amines) is 2. The van der Waals surface area contributed by atoms with Crippen molar-refractivity contribution >= 4 is 24.0 Å². The van der Waals surface area contributed by atoms with Gasteiger partial charge in [-0.05, 0) is 108 Å². The van der Waals surface area contributed by atoms with Crippen LogP contribution in [0.15, 0.2) is 48.8 Å². The van der Waals surface area contributed by atoms with Crippen LogP contribution in [0.2, 0.25) is 0 Å². The van der Waals surface area contributed by atoms with Crippen molar-refractivity contribution < 1.29 is 28.7 Å². The first-order valence-electron chi connectivity index (χ1n) is 22.6. The van der Waals surface area contributed by atoms with E-state index in [1.54, 1.807) is 6.20 Å². The van der Waals surface area contributed by atoms with Gasteiger partial charge in [0, 0.05) is 18.7 Å². The van der Waals surface area contributed by atoms with Gasteiger partial charge in [-0.2, -0.15) is 0 Å². The Labute approximate surface area is 369 Å². The van der Waals surface area contributed by atoms with Crippen molar-refractivity contribution in [3.63, 3.8) is 0 Å². The minimum atomic E-state index is -0.695. The summed E-state index contributed by atoms with van der Waals surface area (Å²) in [6.45, 7) is 8.83. The Balaban J connectivity index is 1.00. The Morgan fingerprint density at radius 2 is 1.24 bits per heavy atom. The molecule has 2 aromatic heterocycles. The van der Waals surface area contributed by atoms with E-state index < -0.39 is 24.3 Å². The average molecular weight is 857 g/mol. The lowest BCUT2D eigenvalue weighted by atomic mass is 9.83. The second-order valence-corrected chi connectivity index (χ2v) is 18.5. The molecule has 332 valence electrons. The molecule has 4 N–H and O–H groups in total. The zero-order valence-electron chi connectivity index (χ0n) is 37.3. The second-order valence-electron chi connectivity index (χ2n) is 18.5. The van der Waals surface area contributed by atoms with Gasteiger partial charge in [0.15, 0.2) is 0 Å². The summed E-state index contributed by atoms with van der Waals surface area (Å²) < 4.78 is 9.58. The molecule has 2 aromatic carbocycles. The molecule has 63 heavy (non-hydrogen) atoms. The normalized spacial score (nSPS) is 19.8. The van der Waals surface area contributed by atoms with Gasteiger partial charge in [0.1, 0.15) is 29.4 Å². The maximum Gasteiger partial charge on any atom is 0.407 e. The lowest BCUT2D eigenvalue weighted by Gasteiger charge is -2.30. The van der Waals surface area contributed by atoms with E-state index in [9.17, 15) is 19.2 Å². The number of rotatable bonds is 10. The topological polar surface area (TPSA) is 175 Å². The molecule has 3 fully saturated rings. The number of carbonyl (C=O) groups excluding carboxylic acids is 4. The van der Waals surface area contributed by atoms with Crippen LogP contribution in [-0.2, 0) is 31.9 Å². The quantitative estimate of drug-likeness (QED) is 0.118. The summed E-state index contributed by atoms with van der Waals surface area (Å²) in [7, 11) is 2.60. The summed E-state index contributed by atoms with van der Waals surface area (Å²) in [5, 5.41) is 5.43. The fourth-order valence-corrected chi connectivity index (χ4v) is 10.3. The molecule has 8 rings (SSSR count). The molecule has 1 spiro atoms. The lowest BCUT2D eigenvalue weighted by molar-refractivity contribution is -0.136. The first kappa shape index (κ1) is 43.5. The highest BCUT2D eigenvalue weighted by atomic mass is 16.5. The number of carbonyl (C=O) groups is 4. The molecule has 4 aliphatic rings. The van der Waals surface area contributed by atoms with E-state index >= 15 is 0 Å². The number of hydrogen-bond acceptors (Lipinski definition) is 8. The number of amides is 4. The van der Waals surface area contributed by atoms with Crippen LogP contribution >= 0.6 is 0 Å². The summed E-state index contributed by atoms with van der Waals surface area (Å²) in [5.74, 6) is 7.83. The van der Waals surface area contributed by atoms with E-state index in [4.69, 9.17) is 14.5 Å². The molecule has 4 aromatic rings. The first-order chi connectivity index (χ1) is 30.4. The van der Waals surface area contributed by atoms with Gasteiger partial charge in [-0.1, -0.05) is 76.8 Å². The molecule has 0 radical (unpaired) electrons. The predicted molar refractivity (Wildman–Crippen MR) is 238 cm³/mol. The standard InChI is InChI=1S/C49H60N8O6/c1-29(2)41(54-47(60)62-5)45(58)56-23-9-11-39(56)43-50-27-34(52-43)19-17-32-18-20-35(37-26-49(25-36(32)37)21-7-8-22-49)31-13-15-33(16-14-31)38-28-51-44(53-38)40-12-10-24-57(40)46(59)42(30(3)4)55-48(61)63-6/h13-16,18,20,27-30,39-42H,7-12,21-26H2,1-6H3,(H,50,52)(H,51,53)(H,54,60)(H,55,61)/t39-,40-,41-,42-/m0/s1. The fourth-order valence-electron chi connectivity index (χ4n) is 10.3. The number of nitrogens with one attached hydrogen (secondary N) is 4. The SMILES string of the molecule is COC(=O)N[C@H](C(=O)N1CCC[C@H]1c1ncc(C#Cc2ccc(-c3ccc(-c4cnc([C@@H]5CCCN5C(=O)[C@@H](NC(=O)OC)C(C)C)[nH]4)cc3)c3c2CC2(CCCC2)C3)[nH]1)C(C)C. The number of ether oxygens (including phenoxy) is 2. The molecule has 14 nitrogen and oxygen atoms in total. The molecular formula is C49H60N8O6. The van der Waals surface area contributed by atoms with Crippen LogP contribution < -0.4 is 10.6 Å². The summed E-state index contributed by atoms with van der Waals surface area (Å²) >= 11 is 0. The average Bonchev–Trinajstić information content (AvgIpc) is 4.14. The molecule has 2 aliphatic carbocycles. The highest BCUT2D eigenvalue weighted by Gasteiger charge is 2.42. The Hall–Kier alpha value is -6.10. The number of alkyl carbamates (subject to hydrolysis) is 2. The number of methoxy groups -OCH3 is 2. The molecule has 4 heterocycles. The van der Waals surface area contributed by atoms with Crippen molar-refractivity contribution in [2.24, 2.45) is 17.3 Å². The van der Waals surface area contributed by atoms with Crippen molar-refractivity contribution in [3.8, 4) is 34.2 Å². The number of aromatic nitrogens is 4. The second kappa shape index (κ2) is 18.3. The van der Waals surface area contributed by atoms with Crippen molar-refractivity contribution in [1.82, 2.24) is 40.4 Å². The van der Waals surface area contributed by atoms with Gasteiger partial charge in [0.2, 0.25) is 11.8 Å². The number of fused-ring (bicyclic) bond motifs is 1. The summed E-state index contributed by atoms with van der Waals surface area (Å²) in [4.78, 5) is 71.4. The highest BCUT2D eigenvalue weighted by molar-refractivity contribution is 5.87. The Kier molecular flexibility index (Phi) is 12.7. The van der Waals surface area contributed by atoms with Crippen LogP contribution in [-0.4, -0.2) is 93.1 Å². The molecular weight excluding hydrogens is 797 g/mol. The first-order valence-corrected chi connectivity index (χ1v) is 22.6. The minimum Gasteiger partial charge on any atom is -0.453 e. The number of imidazole rings is 2. The van der Waals surface area contributed by atoms with Crippen LogP contribution in [0.5, 0.6) is 0 Å². The largest absolute Gasteiger partial charge is 0.453 e. The van der Waals surface area contributed by atoms with Gasteiger partial charge < -0.3 is 39.9 Å². The zero-order valence-corrected chi connectivity index (χ0v) is 37.3. The minimum absolute atomic E-state index is 0.105. The monoisotopic (exact) mass is 856 g/mol. The van der Waals surface area contributed by atoms with Crippen molar-refractivity contribution in [3.05, 3.63) is 82.8 Å². The lowest BCUT2D eigenvalue weighted by Crippen LogP contribution is -2.51. The maximum atomic E-state index is 13.7. The van der Waals surface area contributed by atoms with Gasteiger partial charge >= 0.3 is 12.2 Å². The van der Waals surface area contributed by atoms with E-state index in [2.05, 4.69) is 73.8 Å². The third-order valence-electron chi connectivity index (χ3n) is 13.7. The van der Waals surface area contributed by atoms with E-state index in [1.807, 2.05) is 43.7 Å². The summed E-state index contributed by atoms with van der Waals surface area (Å²) in [6.07, 6.45) is 12.7. The van der Waals surface area contributed by atoms with E-state index in [1.165, 1.54) is 56.6 Å². The van der Waals surface area contributed by atoms with Crippen molar-refractivity contribution in [2.75, 3.05) is 27.3 Å². The Bertz CT molecular complexity index is 2400. The molecule has 2 saturated heterocycles. The van der Waals surface area contributed by atoms with Crippen LogP contribution in [0.25, 0.3) is 22.4 Å². The van der Waals surface area contributed by atoms with Gasteiger partial charge in [0.25, 0.3) is 0 Å².